The van der Waals surface area contributed by atoms with Crippen molar-refractivity contribution in [2.75, 3.05) is 49.5 Å². The van der Waals surface area contributed by atoms with E-state index in [1.165, 1.54) is 0 Å². The Hall–Kier alpha value is -2.67. The highest BCUT2D eigenvalue weighted by atomic mass is 32.2. The van der Waals surface area contributed by atoms with E-state index in [4.69, 9.17) is 4.74 Å². The van der Waals surface area contributed by atoms with Gasteiger partial charge in [-0.1, -0.05) is 61.5 Å². The molecule has 1 aliphatic heterocycles. The summed E-state index contributed by atoms with van der Waals surface area (Å²) in [6.07, 6.45) is 0. The van der Waals surface area contributed by atoms with Gasteiger partial charge in [0.15, 0.2) is 5.75 Å². The van der Waals surface area contributed by atoms with Gasteiger partial charge in [-0.25, -0.2) is 4.72 Å². The van der Waals surface area contributed by atoms with Crippen molar-refractivity contribution in [3.63, 3.8) is 0 Å². The molecule has 1 aliphatic rings. The van der Waals surface area contributed by atoms with Crippen LogP contribution in [0.5, 0.6) is 5.75 Å². The first-order valence-electron chi connectivity index (χ1n) is 10.7. The second-order valence-electron chi connectivity index (χ2n) is 7.51. The summed E-state index contributed by atoms with van der Waals surface area (Å²) < 4.78 is 22.4. The van der Waals surface area contributed by atoms with Gasteiger partial charge < -0.3 is 19.1 Å². The van der Waals surface area contributed by atoms with Crippen LogP contribution in [0, 0.1) is 0 Å². The molecule has 4 rings (SSSR count). The van der Waals surface area contributed by atoms with Crippen molar-refractivity contribution in [1.29, 1.82) is 0 Å². The van der Waals surface area contributed by atoms with Crippen LogP contribution in [0.4, 0.5) is 11.4 Å². The van der Waals surface area contributed by atoms with Crippen molar-refractivity contribution in [2.24, 2.45) is 0 Å². The summed E-state index contributed by atoms with van der Waals surface area (Å²) in [7, 11) is 1.63. The number of nitrogens with one attached hydrogen (secondary N) is 1. The minimum atomic E-state index is -1.47. The van der Waals surface area contributed by atoms with Crippen LogP contribution in [0.25, 0.3) is 11.1 Å². The number of piperazine rings is 1. The Balaban J connectivity index is 1.59. The third kappa shape index (κ3) is 4.82. The number of likely N-dealkylation sites (N-methyl/N-ethyl adjacent to an activating group) is 1. The Morgan fingerprint density at radius 1 is 0.903 bits per heavy atom. The van der Waals surface area contributed by atoms with Gasteiger partial charge in [0.2, 0.25) is 4.90 Å². The molecular formula is C25H29N3O2S. The van der Waals surface area contributed by atoms with Crippen molar-refractivity contribution in [1.82, 2.24) is 4.90 Å². The van der Waals surface area contributed by atoms with Crippen LogP contribution >= 0.6 is 0 Å². The minimum absolute atomic E-state index is 0.633. The first kappa shape index (κ1) is 21.6. The van der Waals surface area contributed by atoms with Crippen LogP contribution in [-0.4, -0.2) is 49.3 Å². The first-order valence-corrected chi connectivity index (χ1v) is 11.8. The van der Waals surface area contributed by atoms with E-state index in [1.54, 1.807) is 7.11 Å². The normalized spacial score (nSPS) is 15.5. The van der Waals surface area contributed by atoms with Crippen molar-refractivity contribution in [3.8, 4) is 16.9 Å². The van der Waals surface area contributed by atoms with Gasteiger partial charge in [-0.05, 0) is 30.3 Å². The van der Waals surface area contributed by atoms with Crippen molar-refractivity contribution in [3.05, 3.63) is 72.8 Å². The summed E-state index contributed by atoms with van der Waals surface area (Å²) in [5, 5.41) is 0. The molecule has 0 bridgehead atoms. The average Bonchev–Trinajstić information content (AvgIpc) is 2.84. The number of para-hydroxylation sites is 3. The highest BCUT2D eigenvalue weighted by Crippen LogP contribution is 2.37. The molecule has 1 atom stereocenters. The van der Waals surface area contributed by atoms with E-state index >= 15 is 0 Å². The number of methoxy groups -OCH3 is 1. The Morgan fingerprint density at radius 2 is 1.61 bits per heavy atom. The fraction of sp³-hybridized carbons (Fsp3) is 0.280. The van der Waals surface area contributed by atoms with E-state index in [9.17, 15) is 4.55 Å². The summed E-state index contributed by atoms with van der Waals surface area (Å²) >= 11 is -1.47. The maximum Gasteiger partial charge on any atom is 0.222 e. The van der Waals surface area contributed by atoms with E-state index in [0.717, 1.165) is 55.2 Å². The number of benzene rings is 3. The van der Waals surface area contributed by atoms with Crippen LogP contribution in [0.1, 0.15) is 6.92 Å². The highest BCUT2D eigenvalue weighted by Gasteiger charge is 2.24. The van der Waals surface area contributed by atoms with Gasteiger partial charge >= 0.3 is 0 Å². The Kier molecular flexibility index (Phi) is 7.02. The molecule has 3 aromatic carbocycles. The van der Waals surface area contributed by atoms with Crippen LogP contribution in [0.15, 0.2) is 77.7 Å². The predicted octanol–water partition coefficient (Wildman–Crippen LogP) is 4.64. The largest absolute Gasteiger partial charge is 0.588 e. The van der Waals surface area contributed by atoms with E-state index in [-0.39, 0.29) is 0 Å². The van der Waals surface area contributed by atoms with Gasteiger partial charge in [-0.15, -0.1) is 0 Å². The van der Waals surface area contributed by atoms with E-state index in [2.05, 4.69) is 27.5 Å². The van der Waals surface area contributed by atoms with E-state index in [0.29, 0.717) is 10.6 Å². The molecule has 0 radical (unpaired) electrons. The third-order valence-corrected chi connectivity index (χ3v) is 6.86. The molecule has 1 unspecified atom stereocenters. The van der Waals surface area contributed by atoms with Crippen LogP contribution in [0.3, 0.4) is 0 Å². The molecule has 0 amide bonds. The molecule has 1 fully saturated rings. The molecule has 0 saturated carbocycles. The molecule has 6 heteroatoms. The zero-order valence-electron chi connectivity index (χ0n) is 18.1. The molecule has 0 spiro atoms. The van der Waals surface area contributed by atoms with Crippen molar-refractivity contribution >= 4 is 22.7 Å². The quantitative estimate of drug-likeness (QED) is 0.548. The molecule has 0 aromatic heterocycles. The number of nitrogens with zero attached hydrogens (tertiary/aromatic N) is 2. The lowest BCUT2D eigenvalue weighted by molar-refractivity contribution is 0.271. The zero-order chi connectivity index (χ0) is 21.6. The van der Waals surface area contributed by atoms with Crippen LogP contribution in [0.2, 0.25) is 0 Å². The maximum atomic E-state index is 13.4. The minimum Gasteiger partial charge on any atom is -0.588 e. The first-order chi connectivity index (χ1) is 15.2. The van der Waals surface area contributed by atoms with Gasteiger partial charge in [0.1, 0.15) is 17.0 Å². The number of rotatable bonds is 7. The second-order valence-corrected chi connectivity index (χ2v) is 8.69. The lowest BCUT2D eigenvalue weighted by Crippen LogP contribution is -2.46. The summed E-state index contributed by atoms with van der Waals surface area (Å²) in [4.78, 5) is 5.45. The highest BCUT2D eigenvalue weighted by molar-refractivity contribution is 7.92. The standard InChI is InChI=1S/C25H29N3O2S/c1-3-27-16-18-28(19-17-27)23-14-8-7-13-22(23)26-31(29)24-15-9-12-21(25(24)30-2)20-10-5-4-6-11-20/h4-15,26H,3,16-19H2,1-2H3. The SMILES string of the molecule is CCN1CCN(c2ccccc2N[S+]([O-])c2cccc(-c3ccccc3)c2OC)CC1. The van der Waals surface area contributed by atoms with E-state index < -0.39 is 11.4 Å². The Morgan fingerprint density at radius 3 is 2.32 bits per heavy atom. The lowest BCUT2D eigenvalue weighted by Gasteiger charge is -2.36. The third-order valence-electron chi connectivity index (χ3n) is 5.73. The number of hydrogen-bond donors (Lipinski definition) is 1. The van der Waals surface area contributed by atoms with Gasteiger partial charge in [0.05, 0.1) is 12.8 Å². The maximum absolute atomic E-state index is 13.4. The average molecular weight is 436 g/mol. The van der Waals surface area contributed by atoms with Crippen LogP contribution < -0.4 is 14.4 Å². The molecule has 1 saturated heterocycles. The molecule has 31 heavy (non-hydrogen) atoms. The molecule has 0 aliphatic carbocycles. The van der Waals surface area contributed by atoms with Crippen molar-refractivity contribution < 1.29 is 9.29 Å². The van der Waals surface area contributed by atoms with Gasteiger partial charge in [-0.2, -0.15) is 0 Å². The van der Waals surface area contributed by atoms with E-state index in [1.807, 2.05) is 66.7 Å². The molecule has 3 aromatic rings. The summed E-state index contributed by atoms with van der Waals surface area (Å²) in [6.45, 7) is 7.29. The molecular weight excluding hydrogens is 406 g/mol. The molecule has 1 N–H and O–H groups in total. The summed E-state index contributed by atoms with van der Waals surface area (Å²) in [5.41, 5.74) is 3.93. The Bertz CT molecular complexity index is 991. The topological polar surface area (TPSA) is 50.8 Å². The van der Waals surface area contributed by atoms with Gasteiger partial charge in [-0.3, -0.25) is 0 Å². The van der Waals surface area contributed by atoms with Gasteiger partial charge in [0.25, 0.3) is 0 Å². The van der Waals surface area contributed by atoms with Crippen molar-refractivity contribution in [2.45, 2.75) is 11.8 Å². The van der Waals surface area contributed by atoms with Gasteiger partial charge in [0, 0.05) is 31.7 Å². The smallest absolute Gasteiger partial charge is 0.222 e. The summed E-state index contributed by atoms with van der Waals surface area (Å²) in [6, 6.07) is 23.9. The monoisotopic (exact) mass is 435 g/mol. The number of anilines is 2. The zero-order valence-corrected chi connectivity index (χ0v) is 18.9. The predicted molar refractivity (Wildman–Crippen MR) is 129 cm³/mol. The molecule has 162 valence electrons. The second kappa shape index (κ2) is 10.1. The lowest BCUT2D eigenvalue weighted by atomic mass is 10.0. The molecule has 1 heterocycles. The fourth-order valence-electron chi connectivity index (χ4n) is 4.01. The Labute approximate surface area is 188 Å². The summed E-state index contributed by atoms with van der Waals surface area (Å²) in [5.74, 6) is 0.633. The molecule has 5 nitrogen and oxygen atoms in total. The fourth-order valence-corrected chi connectivity index (χ4v) is 5.06. The number of ether oxygens (including phenoxy) is 1. The van der Waals surface area contributed by atoms with Crippen LogP contribution in [-0.2, 0) is 11.4 Å². The number of hydrogen-bond acceptors (Lipinski definition) is 5.